The van der Waals surface area contributed by atoms with Crippen LogP contribution in [-0.2, 0) is 12.8 Å². The van der Waals surface area contributed by atoms with Crippen LogP contribution in [0.3, 0.4) is 0 Å². The standard InChI is InChI=1S/C49H57N3OSi/c1-30(2)24-37-28-44-39-20-17-36(34-12-10-9-11-13-34)27-42(39)38-19-15-35-16-21-40-41-18-14-32(4)50-49(41)53-48(40)47(35)45-25-31(3)22-23-51(45)33(5)26-43(38)52(44)29-46(37)54(6,7)8/h14,16-18,20-23,25,27-30,34,38,43H,5,9-13,15,19,24,26H2,1-4,6-8H3/q+2. The van der Waals surface area contributed by atoms with Crippen molar-refractivity contribution in [2.75, 3.05) is 0 Å². The maximum absolute atomic E-state index is 6.75. The lowest BCUT2D eigenvalue weighted by Crippen LogP contribution is -2.54. The summed E-state index contributed by atoms with van der Waals surface area (Å²) in [6, 6.07) is 24.0. The molecule has 1 saturated carbocycles. The molecule has 276 valence electrons. The summed E-state index contributed by atoms with van der Waals surface area (Å²) in [6.45, 7) is 21.5. The second-order valence-corrected chi connectivity index (χ2v) is 23.4. The van der Waals surface area contributed by atoms with Gasteiger partial charge in [-0.15, -0.1) is 0 Å². The third kappa shape index (κ3) is 6.07. The van der Waals surface area contributed by atoms with Crippen LogP contribution in [0.15, 0.2) is 84.1 Å². The van der Waals surface area contributed by atoms with Gasteiger partial charge in [0.2, 0.25) is 17.1 Å². The number of rotatable bonds is 4. The van der Waals surface area contributed by atoms with E-state index in [9.17, 15) is 0 Å². The molecular weight excluding hydrogens is 675 g/mol. The molecule has 2 atom stereocenters. The molecule has 0 saturated heterocycles. The van der Waals surface area contributed by atoms with E-state index in [1.54, 1.807) is 21.9 Å². The zero-order valence-corrected chi connectivity index (χ0v) is 34.6. The highest BCUT2D eigenvalue weighted by Crippen LogP contribution is 2.47. The summed E-state index contributed by atoms with van der Waals surface area (Å²) >= 11 is 0. The van der Waals surface area contributed by atoms with Crippen molar-refractivity contribution in [2.24, 2.45) is 5.92 Å². The molecule has 0 radical (unpaired) electrons. The van der Waals surface area contributed by atoms with Gasteiger partial charge in [-0.2, -0.15) is 9.13 Å². The summed E-state index contributed by atoms with van der Waals surface area (Å²) in [6.07, 6.45) is 15.6. The first-order chi connectivity index (χ1) is 25.9. The fourth-order valence-electron chi connectivity index (χ4n) is 10.3. The van der Waals surface area contributed by atoms with Crippen molar-refractivity contribution in [3.8, 4) is 22.5 Å². The number of nitrogens with zero attached hydrogens (tertiary/aromatic N) is 3. The van der Waals surface area contributed by atoms with Crippen molar-refractivity contribution in [1.82, 2.24) is 4.98 Å². The third-order valence-corrected chi connectivity index (χ3v) is 15.0. The van der Waals surface area contributed by atoms with Crippen LogP contribution in [0, 0.1) is 19.8 Å². The first-order valence-electron chi connectivity index (χ1n) is 20.7. The van der Waals surface area contributed by atoms with Crippen molar-refractivity contribution >= 4 is 41.0 Å². The third-order valence-electron chi connectivity index (χ3n) is 12.9. The highest BCUT2D eigenvalue weighted by Gasteiger charge is 2.44. The van der Waals surface area contributed by atoms with E-state index < -0.39 is 8.07 Å². The Labute approximate surface area is 323 Å². The molecule has 0 spiro atoms. The van der Waals surface area contributed by atoms with Crippen LogP contribution in [0.5, 0.6) is 0 Å². The second kappa shape index (κ2) is 13.4. The van der Waals surface area contributed by atoms with Crippen LogP contribution in [-0.4, -0.2) is 13.1 Å². The predicted octanol–water partition coefficient (Wildman–Crippen LogP) is 11.4. The average Bonchev–Trinajstić information content (AvgIpc) is 3.50. The molecule has 0 N–H and O–H groups in total. The van der Waals surface area contributed by atoms with Crippen molar-refractivity contribution in [3.63, 3.8) is 0 Å². The Balaban J connectivity index is 1.28. The van der Waals surface area contributed by atoms with Gasteiger partial charge in [0, 0.05) is 51.3 Å². The topological polar surface area (TPSA) is 33.8 Å². The van der Waals surface area contributed by atoms with Crippen LogP contribution >= 0.6 is 0 Å². The van der Waals surface area contributed by atoms with Gasteiger partial charge in [-0.1, -0.05) is 77.0 Å². The number of benzene rings is 2. The fourth-order valence-corrected chi connectivity index (χ4v) is 11.9. The van der Waals surface area contributed by atoms with E-state index >= 15 is 0 Å². The Bertz CT molecular complexity index is 2460. The molecule has 1 fully saturated rings. The molecule has 4 aromatic heterocycles. The van der Waals surface area contributed by atoms with Gasteiger partial charge in [0.05, 0.1) is 20.1 Å². The van der Waals surface area contributed by atoms with Gasteiger partial charge in [0.15, 0.2) is 29.7 Å². The Hall–Kier alpha value is -4.35. The van der Waals surface area contributed by atoms with Crippen molar-refractivity contribution in [1.29, 1.82) is 0 Å². The number of allylic oxidation sites excluding steroid dienone is 1. The lowest BCUT2D eigenvalue weighted by Gasteiger charge is -2.34. The van der Waals surface area contributed by atoms with Crippen molar-refractivity contribution < 1.29 is 13.6 Å². The molecule has 2 aromatic carbocycles. The largest absolute Gasteiger partial charge is 0.437 e. The molecule has 9 rings (SSSR count). The molecule has 54 heavy (non-hydrogen) atoms. The molecule has 4 nitrogen and oxygen atoms in total. The van der Waals surface area contributed by atoms with E-state index in [0.717, 1.165) is 59.1 Å². The summed E-state index contributed by atoms with van der Waals surface area (Å²) < 4.78 is 11.9. The summed E-state index contributed by atoms with van der Waals surface area (Å²) in [7, 11) is -1.66. The Kier molecular flexibility index (Phi) is 8.80. The Morgan fingerprint density at radius 1 is 0.889 bits per heavy atom. The van der Waals surface area contributed by atoms with Gasteiger partial charge in [0.25, 0.3) is 0 Å². The molecule has 1 aliphatic carbocycles. The van der Waals surface area contributed by atoms with Crippen molar-refractivity contribution in [2.45, 2.75) is 123 Å². The monoisotopic (exact) mass is 731 g/mol. The number of hydrogen-bond acceptors (Lipinski definition) is 2. The Morgan fingerprint density at radius 3 is 2.46 bits per heavy atom. The minimum Gasteiger partial charge on any atom is -0.437 e. The summed E-state index contributed by atoms with van der Waals surface area (Å²) in [5.74, 6) is 1.62. The van der Waals surface area contributed by atoms with Crippen LogP contribution in [0.4, 0.5) is 0 Å². The maximum Gasteiger partial charge on any atom is 0.227 e. The molecule has 0 amide bonds. The molecule has 5 heteroatoms. The zero-order chi connectivity index (χ0) is 37.5. The van der Waals surface area contributed by atoms with Gasteiger partial charge in [0.1, 0.15) is 0 Å². The number of aryl methyl sites for hydroxylation is 3. The average molecular weight is 732 g/mol. The van der Waals surface area contributed by atoms with E-state index in [-0.39, 0.29) is 6.04 Å². The molecule has 6 heterocycles. The lowest BCUT2D eigenvalue weighted by atomic mass is 9.75. The predicted molar refractivity (Wildman–Crippen MR) is 226 cm³/mol. The first kappa shape index (κ1) is 35.4. The molecule has 2 unspecified atom stereocenters. The smallest absolute Gasteiger partial charge is 0.227 e. The summed E-state index contributed by atoms with van der Waals surface area (Å²) in [4.78, 5) is 4.83. The summed E-state index contributed by atoms with van der Waals surface area (Å²) in [5, 5.41) is 3.81. The van der Waals surface area contributed by atoms with Gasteiger partial charge in [-0.25, -0.2) is 4.98 Å². The normalized spacial score (nSPS) is 19.0. The highest BCUT2D eigenvalue weighted by molar-refractivity contribution is 6.89. The Morgan fingerprint density at radius 2 is 1.69 bits per heavy atom. The summed E-state index contributed by atoms with van der Waals surface area (Å²) in [5.41, 5.74) is 16.1. The molecule has 3 aliphatic rings. The van der Waals surface area contributed by atoms with E-state index in [4.69, 9.17) is 16.0 Å². The molecular formula is C49H57N3OSi+2. The molecule has 6 aromatic rings. The van der Waals surface area contributed by atoms with Crippen LogP contribution < -0.4 is 14.3 Å². The fraction of sp³-hybridized carbons (Fsp3) is 0.408. The lowest BCUT2D eigenvalue weighted by molar-refractivity contribution is -0.719. The van der Waals surface area contributed by atoms with Gasteiger partial charge in [-0.3, -0.25) is 0 Å². The highest BCUT2D eigenvalue weighted by atomic mass is 28.3. The minimum atomic E-state index is -1.66. The van der Waals surface area contributed by atoms with Gasteiger partial charge >= 0.3 is 0 Å². The number of pyridine rings is 3. The maximum atomic E-state index is 6.75. The van der Waals surface area contributed by atoms with E-state index in [1.807, 2.05) is 6.92 Å². The van der Waals surface area contributed by atoms with E-state index in [1.165, 1.54) is 60.1 Å². The number of fused-ring (bicyclic) bond motifs is 13. The zero-order valence-electron chi connectivity index (χ0n) is 33.6. The van der Waals surface area contributed by atoms with Gasteiger partial charge < -0.3 is 4.42 Å². The number of furan rings is 1. The number of aromatic nitrogens is 3. The van der Waals surface area contributed by atoms with Crippen LogP contribution in [0.25, 0.3) is 50.3 Å². The molecule has 2 aliphatic heterocycles. The molecule has 0 bridgehead atoms. The SMILES string of the molecule is C=C1CC2C(CCc3ccc4c(oc5nc(C)ccc54)c3-c3cc(C)cc[n+]31)c1cc(C3CCCCC3)ccc1-c1cc(CC(C)C)c([Si](C)(C)C)c[n+]12. The van der Waals surface area contributed by atoms with Crippen LogP contribution in [0.1, 0.15) is 110 Å². The minimum absolute atomic E-state index is 0.259. The second-order valence-electron chi connectivity index (χ2n) is 18.4. The quantitative estimate of drug-likeness (QED) is 0.134. The van der Waals surface area contributed by atoms with Crippen LogP contribution in [0.2, 0.25) is 19.6 Å². The van der Waals surface area contributed by atoms with Crippen molar-refractivity contribution in [3.05, 3.63) is 113 Å². The van der Waals surface area contributed by atoms with Gasteiger partial charge in [-0.05, 0) is 110 Å². The number of hydrogen-bond donors (Lipinski definition) is 0. The first-order valence-corrected chi connectivity index (χ1v) is 24.2. The van der Waals surface area contributed by atoms with E-state index in [0.29, 0.717) is 23.5 Å². The van der Waals surface area contributed by atoms with E-state index in [2.05, 4.69) is 123 Å².